The van der Waals surface area contributed by atoms with E-state index in [4.69, 9.17) is 9.47 Å². The second-order valence-corrected chi connectivity index (χ2v) is 7.84. The largest absolute Gasteiger partial charge is 0.447 e. The van der Waals surface area contributed by atoms with Crippen molar-refractivity contribution in [3.8, 4) is 5.69 Å². The van der Waals surface area contributed by atoms with Gasteiger partial charge in [0, 0.05) is 45.9 Å². The number of ether oxygens (including phenoxy) is 2. The van der Waals surface area contributed by atoms with Crippen LogP contribution < -0.4 is 15.8 Å². The highest BCUT2D eigenvalue weighted by molar-refractivity contribution is 5.71. The van der Waals surface area contributed by atoms with E-state index in [-0.39, 0.29) is 17.8 Å². The van der Waals surface area contributed by atoms with E-state index in [0.717, 1.165) is 12.1 Å². The van der Waals surface area contributed by atoms with E-state index in [0.29, 0.717) is 57.3 Å². The van der Waals surface area contributed by atoms with Crippen LogP contribution in [0.5, 0.6) is 0 Å². The lowest BCUT2D eigenvalue weighted by Crippen LogP contribution is -2.49. The highest BCUT2D eigenvalue weighted by atomic mass is 16.6. The molecule has 0 aliphatic carbocycles. The predicted molar refractivity (Wildman–Crippen MR) is 125 cm³/mol. The quantitative estimate of drug-likeness (QED) is 0.596. The first-order chi connectivity index (χ1) is 15.5. The van der Waals surface area contributed by atoms with Crippen LogP contribution in [0.25, 0.3) is 5.69 Å². The molecule has 1 aliphatic heterocycles. The van der Waals surface area contributed by atoms with Crippen LogP contribution in [0.4, 0.5) is 16.2 Å². The zero-order valence-corrected chi connectivity index (χ0v) is 19.1. The number of carbonyl (C=O) groups is 1. The second kappa shape index (κ2) is 11.5. The SMILES string of the molecule is CCOCCCNc1c(N2CCN(C(=O)OC(C)C)CC2)cnn(-c2ccccc2)c1=O. The summed E-state index contributed by atoms with van der Waals surface area (Å²) in [5.41, 5.74) is 1.77. The molecule has 1 amide bonds. The van der Waals surface area contributed by atoms with Crippen LogP contribution in [-0.2, 0) is 9.47 Å². The maximum Gasteiger partial charge on any atom is 0.410 e. The lowest BCUT2D eigenvalue weighted by Gasteiger charge is -2.36. The minimum absolute atomic E-state index is 0.150. The maximum atomic E-state index is 13.3. The Kier molecular flexibility index (Phi) is 8.49. The van der Waals surface area contributed by atoms with Gasteiger partial charge in [-0.2, -0.15) is 9.78 Å². The fourth-order valence-corrected chi connectivity index (χ4v) is 3.54. The molecule has 0 unspecified atom stereocenters. The van der Waals surface area contributed by atoms with Crippen molar-refractivity contribution in [3.05, 3.63) is 46.9 Å². The van der Waals surface area contributed by atoms with Crippen LogP contribution in [0.15, 0.2) is 41.3 Å². The van der Waals surface area contributed by atoms with Crippen molar-refractivity contribution in [3.63, 3.8) is 0 Å². The number of hydrogen-bond donors (Lipinski definition) is 1. The highest BCUT2D eigenvalue weighted by Gasteiger charge is 2.25. The Labute approximate surface area is 188 Å². The Hall–Kier alpha value is -3.07. The zero-order chi connectivity index (χ0) is 22.9. The first-order valence-electron chi connectivity index (χ1n) is 11.2. The third kappa shape index (κ3) is 6.00. The minimum Gasteiger partial charge on any atom is -0.447 e. The summed E-state index contributed by atoms with van der Waals surface area (Å²) in [4.78, 5) is 29.3. The zero-order valence-electron chi connectivity index (χ0n) is 19.1. The Morgan fingerprint density at radius 3 is 2.53 bits per heavy atom. The molecule has 0 atom stereocenters. The van der Waals surface area contributed by atoms with Crippen LogP contribution in [-0.4, -0.2) is 72.8 Å². The van der Waals surface area contributed by atoms with E-state index in [9.17, 15) is 9.59 Å². The molecule has 0 radical (unpaired) electrons. The van der Waals surface area contributed by atoms with Gasteiger partial charge in [0.2, 0.25) is 0 Å². The Bertz CT molecular complexity index is 924. The van der Waals surface area contributed by atoms with Gasteiger partial charge in [-0.3, -0.25) is 4.79 Å². The lowest BCUT2D eigenvalue weighted by atomic mass is 10.2. The first kappa shape index (κ1) is 23.6. The molecule has 0 saturated carbocycles. The number of anilines is 2. The molecule has 9 heteroatoms. The van der Waals surface area contributed by atoms with Crippen LogP contribution >= 0.6 is 0 Å². The Morgan fingerprint density at radius 2 is 1.88 bits per heavy atom. The number of piperazine rings is 1. The molecular weight excluding hydrogens is 410 g/mol. The molecule has 0 spiro atoms. The Morgan fingerprint density at radius 1 is 1.16 bits per heavy atom. The maximum absolute atomic E-state index is 13.3. The molecule has 1 aliphatic rings. The summed E-state index contributed by atoms with van der Waals surface area (Å²) in [7, 11) is 0. The molecule has 2 aromatic rings. The summed E-state index contributed by atoms with van der Waals surface area (Å²) in [5, 5.41) is 7.74. The van der Waals surface area contributed by atoms with Gasteiger partial charge in [-0.05, 0) is 39.3 Å². The molecule has 0 bridgehead atoms. The van der Waals surface area contributed by atoms with E-state index >= 15 is 0 Å². The highest BCUT2D eigenvalue weighted by Crippen LogP contribution is 2.23. The molecule has 1 N–H and O–H groups in total. The monoisotopic (exact) mass is 443 g/mol. The van der Waals surface area contributed by atoms with Crippen molar-refractivity contribution in [2.45, 2.75) is 33.3 Å². The fourth-order valence-electron chi connectivity index (χ4n) is 3.54. The number of carbonyl (C=O) groups excluding carboxylic acids is 1. The van der Waals surface area contributed by atoms with Gasteiger partial charge in [0.15, 0.2) is 0 Å². The number of hydrogen-bond acceptors (Lipinski definition) is 7. The standard InChI is InChI=1S/C23H33N5O4/c1-4-31-16-8-11-24-21-20(17-25-28(22(21)29)19-9-6-5-7-10-19)26-12-14-27(15-13-26)23(30)32-18(2)3/h5-7,9-10,17-18,24H,4,8,11-16H2,1-3H3. The molecule has 2 heterocycles. The number of rotatable bonds is 9. The van der Waals surface area contributed by atoms with Crippen molar-refractivity contribution in [2.75, 3.05) is 56.2 Å². The lowest BCUT2D eigenvalue weighted by molar-refractivity contribution is 0.0751. The number of nitrogens with one attached hydrogen (secondary N) is 1. The fraction of sp³-hybridized carbons (Fsp3) is 0.522. The van der Waals surface area contributed by atoms with Gasteiger partial charge in [0.25, 0.3) is 5.56 Å². The molecule has 1 saturated heterocycles. The molecule has 1 fully saturated rings. The summed E-state index contributed by atoms with van der Waals surface area (Å²) < 4.78 is 12.1. The molecule has 9 nitrogen and oxygen atoms in total. The Balaban J connectivity index is 1.79. The third-order valence-corrected chi connectivity index (χ3v) is 5.15. The van der Waals surface area contributed by atoms with Crippen molar-refractivity contribution in [1.82, 2.24) is 14.7 Å². The van der Waals surface area contributed by atoms with Gasteiger partial charge < -0.3 is 24.6 Å². The first-order valence-corrected chi connectivity index (χ1v) is 11.2. The molecule has 174 valence electrons. The summed E-state index contributed by atoms with van der Waals surface area (Å²) in [6.45, 7) is 9.79. The van der Waals surface area contributed by atoms with Crippen LogP contribution in [0.1, 0.15) is 27.2 Å². The predicted octanol–water partition coefficient (Wildman–Crippen LogP) is 2.74. The van der Waals surface area contributed by atoms with Crippen LogP contribution in [0.2, 0.25) is 0 Å². The van der Waals surface area contributed by atoms with Gasteiger partial charge >= 0.3 is 6.09 Å². The van der Waals surface area contributed by atoms with E-state index in [2.05, 4.69) is 15.3 Å². The van der Waals surface area contributed by atoms with Gasteiger partial charge in [-0.25, -0.2) is 4.79 Å². The molecule has 1 aromatic carbocycles. The minimum atomic E-state index is -0.299. The number of nitrogens with zero attached hydrogens (tertiary/aromatic N) is 4. The van der Waals surface area contributed by atoms with Gasteiger partial charge in [-0.1, -0.05) is 18.2 Å². The van der Waals surface area contributed by atoms with Crippen molar-refractivity contribution in [1.29, 1.82) is 0 Å². The molecular formula is C23H33N5O4. The number of amides is 1. The topological polar surface area (TPSA) is 88.9 Å². The van der Waals surface area contributed by atoms with Crippen LogP contribution in [0.3, 0.4) is 0 Å². The molecule has 3 rings (SSSR count). The van der Waals surface area contributed by atoms with Crippen molar-refractivity contribution in [2.24, 2.45) is 0 Å². The third-order valence-electron chi connectivity index (χ3n) is 5.15. The average molecular weight is 444 g/mol. The summed E-state index contributed by atoms with van der Waals surface area (Å²) in [5.74, 6) is 0. The molecule has 1 aromatic heterocycles. The van der Waals surface area contributed by atoms with E-state index in [1.54, 1.807) is 11.1 Å². The van der Waals surface area contributed by atoms with E-state index in [1.807, 2.05) is 51.1 Å². The van der Waals surface area contributed by atoms with Crippen molar-refractivity contribution >= 4 is 17.5 Å². The summed E-state index contributed by atoms with van der Waals surface area (Å²) in [6, 6.07) is 9.36. The smallest absolute Gasteiger partial charge is 0.410 e. The van der Waals surface area contributed by atoms with Gasteiger partial charge in [-0.15, -0.1) is 0 Å². The summed E-state index contributed by atoms with van der Waals surface area (Å²) in [6.07, 6.45) is 2.06. The van der Waals surface area contributed by atoms with E-state index < -0.39 is 0 Å². The normalized spacial score (nSPS) is 14.0. The van der Waals surface area contributed by atoms with Gasteiger partial charge in [0.05, 0.1) is 23.7 Å². The summed E-state index contributed by atoms with van der Waals surface area (Å²) >= 11 is 0. The van der Waals surface area contributed by atoms with E-state index in [1.165, 1.54) is 4.68 Å². The van der Waals surface area contributed by atoms with Gasteiger partial charge in [0.1, 0.15) is 5.69 Å². The van der Waals surface area contributed by atoms with Crippen LogP contribution in [0, 0.1) is 0 Å². The number of benzene rings is 1. The number of aromatic nitrogens is 2. The average Bonchev–Trinajstić information content (AvgIpc) is 2.80. The molecule has 32 heavy (non-hydrogen) atoms. The number of para-hydroxylation sites is 1. The van der Waals surface area contributed by atoms with Crippen molar-refractivity contribution < 1.29 is 14.3 Å². The second-order valence-electron chi connectivity index (χ2n) is 7.84.